The molecule has 0 aromatic heterocycles. The highest BCUT2D eigenvalue weighted by atomic mass is 32.2. The van der Waals surface area contributed by atoms with Crippen LogP contribution in [0.15, 0.2) is 47.4 Å². The molecular weight excluding hydrogens is 376 g/mol. The molecule has 0 fully saturated rings. The summed E-state index contributed by atoms with van der Waals surface area (Å²) < 4.78 is 32.3. The second-order valence-electron chi connectivity index (χ2n) is 6.71. The zero-order valence-electron chi connectivity index (χ0n) is 16.9. The maximum absolute atomic E-state index is 12.8. The van der Waals surface area contributed by atoms with E-state index >= 15 is 0 Å². The van der Waals surface area contributed by atoms with Gasteiger partial charge < -0.3 is 10.1 Å². The maximum Gasteiger partial charge on any atom is 0.251 e. The maximum atomic E-state index is 12.8. The van der Waals surface area contributed by atoms with Crippen molar-refractivity contribution in [1.82, 2.24) is 9.62 Å². The number of hydrogen-bond donors (Lipinski definition) is 1. The second kappa shape index (κ2) is 9.71. The Morgan fingerprint density at radius 1 is 1.14 bits per heavy atom. The van der Waals surface area contributed by atoms with Crippen molar-refractivity contribution in [2.24, 2.45) is 0 Å². The van der Waals surface area contributed by atoms with Crippen molar-refractivity contribution in [2.75, 3.05) is 20.7 Å². The zero-order chi connectivity index (χ0) is 20.7. The summed E-state index contributed by atoms with van der Waals surface area (Å²) in [6.45, 7) is 4.66. The molecule has 152 valence electrons. The van der Waals surface area contributed by atoms with Crippen molar-refractivity contribution < 1.29 is 17.9 Å². The quantitative estimate of drug-likeness (QED) is 0.650. The number of unbranched alkanes of at least 4 members (excludes halogenated alkanes) is 1. The van der Waals surface area contributed by atoms with Gasteiger partial charge in [-0.1, -0.05) is 31.0 Å². The van der Waals surface area contributed by atoms with Crippen LogP contribution < -0.4 is 10.1 Å². The normalized spacial score (nSPS) is 11.5. The number of hydrogen-bond acceptors (Lipinski definition) is 4. The van der Waals surface area contributed by atoms with Crippen molar-refractivity contribution in [3.8, 4) is 5.75 Å². The predicted molar refractivity (Wildman–Crippen MR) is 110 cm³/mol. The number of ether oxygens (including phenoxy) is 1. The Kier molecular flexibility index (Phi) is 7.60. The average Bonchev–Trinajstić information content (AvgIpc) is 2.68. The molecule has 2 aromatic carbocycles. The Hall–Kier alpha value is -2.38. The molecule has 0 aliphatic heterocycles. The highest BCUT2D eigenvalue weighted by Gasteiger charge is 2.22. The fraction of sp³-hybridized carbons (Fsp3) is 0.381. The largest absolute Gasteiger partial charge is 0.496 e. The lowest BCUT2D eigenvalue weighted by Crippen LogP contribution is -2.27. The molecule has 0 bridgehead atoms. The first-order valence-electron chi connectivity index (χ1n) is 9.27. The summed E-state index contributed by atoms with van der Waals surface area (Å²) in [6.07, 6.45) is 1.90. The molecule has 0 heterocycles. The van der Waals surface area contributed by atoms with Gasteiger partial charge in [-0.15, -0.1) is 0 Å². The Bertz CT molecular complexity index is 909. The molecule has 0 saturated heterocycles. The van der Waals surface area contributed by atoms with Gasteiger partial charge in [-0.3, -0.25) is 4.79 Å². The van der Waals surface area contributed by atoms with Crippen LogP contribution in [0.25, 0.3) is 0 Å². The Balaban J connectivity index is 2.24. The summed E-state index contributed by atoms with van der Waals surface area (Å²) in [5, 5.41) is 2.87. The molecule has 2 rings (SSSR count). The predicted octanol–water partition coefficient (Wildman–Crippen LogP) is 3.35. The number of amides is 1. The first-order chi connectivity index (χ1) is 13.3. The van der Waals surface area contributed by atoms with E-state index in [2.05, 4.69) is 12.2 Å². The van der Waals surface area contributed by atoms with Gasteiger partial charge in [-0.25, -0.2) is 8.42 Å². The van der Waals surface area contributed by atoms with E-state index in [0.717, 1.165) is 18.4 Å². The van der Waals surface area contributed by atoms with Crippen LogP contribution in [0.1, 0.15) is 41.3 Å². The molecule has 0 aliphatic rings. The van der Waals surface area contributed by atoms with Crippen LogP contribution in [0.3, 0.4) is 0 Å². The lowest BCUT2D eigenvalue weighted by Gasteiger charge is -2.19. The molecule has 7 heteroatoms. The van der Waals surface area contributed by atoms with Crippen LogP contribution in [0.5, 0.6) is 5.75 Å². The Morgan fingerprint density at radius 2 is 1.82 bits per heavy atom. The summed E-state index contributed by atoms with van der Waals surface area (Å²) in [5.41, 5.74) is 2.10. The Labute approximate surface area is 167 Å². The van der Waals surface area contributed by atoms with Crippen LogP contribution in [-0.4, -0.2) is 39.3 Å². The molecule has 1 amide bonds. The molecule has 28 heavy (non-hydrogen) atoms. The second-order valence-corrected chi connectivity index (χ2v) is 8.76. The molecule has 0 spiro atoms. The molecule has 2 aromatic rings. The van der Waals surface area contributed by atoms with Crippen molar-refractivity contribution in [2.45, 2.75) is 38.1 Å². The van der Waals surface area contributed by atoms with Gasteiger partial charge in [0.1, 0.15) is 5.75 Å². The number of carbonyl (C=O) groups is 1. The van der Waals surface area contributed by atoms with E-state index in [9.17, 15) is 13.2 Å². The van der Waals surface area contributed by atoms with Gasteiger partial charge in [0.15, 0.2) is 0 Å². The van der Waals surface area contributed by atoms with Crippen molar-refractivity contribution in [3.05, 3.63) is 59.2 Å². The SMILES string of the molecule is CCCCNC(=O)c1ccc(OC)c(CN(C)S(=O)(=O)c2ccc(C)cc2)c1. The van der Waals surface area contributed by atoms with E-state index in [4.69, 9.17) is 4.74 Å². The highest BCUT2D eigenvalue weighted by Crippen LogP contribution is 2.24. The molecule has 0 saturated carbocycles. The third-order valence-corrected chi connectivity index (χ3v) is 6.30. The number of sulfonamides is 1. The standard InChI is InChI=1S/C21H28N2O4S/c1-5-6-13-22-21(24)17-9-12-20(27-4)18(14-17)15-23(3)28(25,26)19-10-7-16(2)8-11-19/h7-12,14H,5-6,13,15H2,1-4H3,(H,22,24). The average molecular weight is 405 g/mol. The van der Waals surface area contributed by atoms with Gasteiger partial charge in [0.25, 0.3) is 5.91 Å². The number of methoxy groups -OCH3 is 1. The summed E-state index contributed by atoms with van der Waals surface area (Å²) in [6, 6.07) is 11.8. The van der Waals surface area contributed by atoms with Crippen LogP contribution in [0.2, 0.25) is 0 Å². The minimum absolute atomic E-state index is 0.0927. The van der Waals surface area contributed by atoms with Gasteiger partial charge in [-0.2, -0.15) is 4.31 Å². The number of nitrogens with one attached hydrogen (secondary N) is 1. The van der Waals surface area contributed by atoms with Crippen molar-refractivity contribution in [3.63, 3.8) is 0 Å². The highest BCUT2D eigenvalue weighted by molar-refractivity contribution is 7.89. The molecular formula is C21H28N2O4S. The van der Waals surface area contributed by atoms with E-state index in [-0.39, 0.29) is 17.3 Å². The molecule has 0 unspecified atom stereocenters. The van der Waals surface area contributed by atoms with E-state index in [1.54, 1.807) is 42.5 Å². The number of rotatable bonds is 9. The van der Waals surface area contributed by atoms with E-state index < -0.39 is 10.0 Å². The fourth-order valence-electron chi connectivity index (χ4n) is 2.74. The smallest absolute Gasteiger partial charge is 0.251 e. The molecule has 1 N–H and O–H groups in total. The molecule has 0 aliphatic carbocycles. The third-order valence-electron chi connectivity index (χ3n) is 4.48. The zero-order valence-corrected chi connectivity index (χ0v) is 17.7. The van der Waals surface area contributed by atoms with Gasteiger partial charge in [0.2, 0.25) is 10.0 Å². The van der Waals surface area contributed by atoms with Gasteiger partial charge in [0.05, 0.1) is 12.0 Å². The van der Waals surface area contributed by atoms with Crippen LogP contribution in [0.4, 0.5) is 0 Å². The van der Waals surface area contributed by atoms with Crippen molar-refractivity contribution in [1.29, 1.82) is 0 Å². The van der Waals surface area contributed by atoms with Gasteiger partial charge >= 0.3 is 0 Å². The molecule has 0 atom stereocenters. The minimum atomic E-state index is -3.65. The van der Waals surface area contributed by atoms with Gasteiger partial charge in [0, 0.05) is 31.3 Å². The third kappa shape index (κ3) is 5.33. The topological polar surface area (TPSA) is 75.7 Å². The summed E-state index contributed by atoms with van der Waals surface area (Å²) in [4.78, 5) is 12.6. The molecule has 0 radical (unpaired) electrons. The molecule has 6 nitrogen and oxygen atoms in total. The van der Waals surface area contributed by atoms with E-state index in [0.29, 0.717) is 23.4 Å². The van der Waals surface area contributed by atoms with E-state index in [1.807, 2.05) is 6.92 Å². The lowest BCUT2D eigenvalue weighted by molar-refractivity contribution is 0.0953. The number of benzene rings is 2. The van der Waals surface area contributed by atoms with E-state index in [1.165, 1.54) is 18.5 Å². The monoisotopic (exact) mass is 404 g/mol. The van der Waals surface area contributed by atoms with Gasteiger partial charge in [-0.05, 0) is 43.7 Å². The first-order valence-corrected chi connectivity index (χ1v) is 10.7. The number of carbonyl (C=O) groups excluding carboxylic acids is 1. The summed E-state index contributed by atoms with van der Waals surface area (Å²) >= 11 is 0. The number of nitrogens with zero attached hydrogens (tertiary/aromatic N) is 1. The van der Waals surface area contributed by atoms with Crippen LogP contribution >= 0.6 is 0 Å². The minimum Gasteiger partial charge on any atom is -0.496 e. The fourth-order valence-corrected chi connectivity index (χ4v) is 3.89. The number of aryl methyl sites for hydroxylation is 1. The Morgan fingerprint density at radius 3 is 2.43 bits per heavy atom. The summed E-state index contributed by atoms with van der Waals surface area (Å²) in [7, 11) is -0.614. The lowest BCUT2D eigenvalue weighted by atomic mass is 10.1. The van der Waals surface area contributed by atoms with Crippen LogP contribution in [0, 0.1) is 6.92 Å². The van der Waals surface area contributed by atoms with Crippen molar-refractivity contribution >= 4 is 15.9 Å². The summed E-state index contributed by atoms with van der Waals surface area (Å²) in [5.74, 6) is 0.359. The van der Waals surface area contributed by atoms with Crippen LogP contribution in [-0.2, 0) is 16.6 Å². The first kappa shape index (κ1) is 21.9.